The Morgan fingerprint density at radius 1 is 1.15 bits per heavy atom. The molecule has 0 aliphatic rings. The quantitative estimate of drug-likeness (QED) is 0.457. The third kappa shape index (κ3) is 4.38. The van der Waals surface area contributed by atoms with Crippen LogP contribution in [0.15, 0.2) is 54.7 Å². The molecule has 0 saturated carbocycles. The van der Waals surface area contributed by atoms with Crippen molar-refractivity contribution in [3.8, 4) is 11.5 Å². The molecule has 27 heavy (non-hydrogen) atoms. The molecule has 0 bridgehead atoms. The van der Waals surface area contributed by atoms with Gasteiger partial charge in [0.05, 0.1) is 19.7 Å². The van der Waals surface area contributed by atoms with Crippen LogP contribution in [0.25, 0.3) is 17.0 Å². The molecule has 0 aliphatic heterocycles. The largest absolute Gasteiger partial charge is 0.493 e. The number of ether oxygens (including phenoxy) is 3. The van der Waals surface area contributed by atoms with Gasteiger partial charge in [-0.1, -0.05) is 23.7 Å². The molecule has 1 aromatic heterocycles. The van der Waals surface area contributed by atoms with Crippen molar-refractivity contribution in [3.05, 3.63) is 70.9 Å². The molecule has 0 aliphatic carbocycles. The summed E-state index contributed by atoms with van der Waals surface area (Å²) in [4.78, 5) is 15.6. The van der Waals surface area contributed by atoms with E-state index < -0.39 is 5.97 Å². The van der Waals surface area contributed by atoms with Crippen LogP contribution < -0.4 is 9.47 Å². The molecule has 0 fully saturated rings. The van der Waals surface area contributed by atoms with Crippen LogP contribution in [0.2, 0.25) is 5.02 Å². The number of nitrogens with zero attached hydrogens (tertiary/aromatic N) is 1. The number of benzene rings is 2. The van der Waals surface area contributed by atoms with Crippen molar-refractivity contribution >= 4 is 34.5 Å². The van der Waals surface area contributed by atoms with Crippen molar-refractivity contribution in [2.24, 2.45) is 0 Å². The van der Waals surface area contributed by atoms with E-state index in [9.17, 15) is 4.79 Å². The fraction of sp³-hybridized carbons (Fsp3) is 0.143. The van der Waals surface area contributed by atoms with Crippen LogP contribution in [0.5, 0.6) is 11.5 Å². The van der Waals surface area contributed by atoms with Crippen LogP contribution in [0.1, 0.15) is 11.1 Å². The Balaban J connectivity index is 1.81. The number of hydrogen-bond donors (Lipinski definition) is 0. The fourth-order valence-corrected chi connectivity index (χ4v) is 2.82. The maximum absolute atomic E-state index is 11.2. The predicted molar refractivity (Wildman–Crippen MR) is 105 cm³/mol. The third-order valence-electron chi connectivity index (χ3n) is 3.98. The molecule has 0 spiro atoms. The molecule has 0 radical (unpaired) electrons. The van der Waals surface area contributed by atoms with Crippen molar-refractivity contribution in [1.29, 1.82) is 0 Å². The highest BCUT2D eigenvalue weighted by Crippen LogP contribution is 2.31. The van der Waals surface area contributed by atoms with Crippen molar-refractivity contribution in [2.45, 2.75) is 6.61 Å². The summed E-state index contributed by atoms with van der Waals surface area (Å²) in [7, 11) is 2.90. The van der Waals surface area contributed by atoms with Gasteiger partial charge >= 0.3 is 5.97 Å². The van der Waals surface area contributed by atoms with Gasteiger partial charge in [0.1, 0.15) is 6.61 Å². The summed E-state index contributed by atoms with van der Waals surface area (Å²) in [5.41, 5.74) is 2.52. The van der Waals surface area contributed by atoms with Crippen LogP contribution >= 0.6 is 11.6 Å². The zero-order valence-corrected chi connectivity index (χ0v) is 15.7. The zero-order chi connectivity index (χ0) is 19.2. The molecule has 1 heterocycles. The van der Waals surface area contributed by atoms with E-state index in [0.29, 0.717) is 23.1 Å². The van der Waals surface area contributed by atoms with E-state index >= 15 is 0 Å². The van der Waals surface area contributed by atoms with Crippen LogP contribution in [-0.4, -0.2) is 25.2 Å². The van der Waals surface area contributed by atoms with Gasteiger partial charge in [0.15, 0.2) is 11.5 Å². The van der Waals surface area contributed by atoms with Gasteiger partial charge in [-0.05, 0) is 42.0 Å². The Morgan fingerprint density at radius 3 is 2.78 bits per heavy atom. The first-order valence-corrected chi connectivity index (χ1v) is 8.59. The minimum absolute atomic E-state index is 0.318. The first kappa shape index (κ1) is 18.7. The summed E-state index contributed by atoms with van der Waals surface area (Å²) >= 11 is 6.23. The maximum Gasteiger partial charge on any atom is 0.330 e. The normalized spacial score (nSPS) is 10.9. The topological polar surface area (TPSA) is 57.7 Å². The summed E-state index contributed by atoms with van der Waals surface area (Å²) in [5, 5.41) is 1.54. The molecule has 3 rings (SSSR count). The minimum Gasteiger partial charge on any atom is -0.493 e. The van der Waals surface area contributed by atoms with Crippen LogP contribution in [0.4, 0.5) is 0 Å². The Kier molecular flexibility index (Phi) is 5.94. The predicted octanol–water partition coefficient (Wildman–Crippen LogP) is 4.66. The number of carbonyl (C=O) groups excluding carboxylic acids is 1. The molecular formula is C21H18ClNO4. The van der Waals surface area contributed by atoms with Crippen molar-refractivity contribution in [3.63, 3.8) is 0 Å². The van der Waals surface area contributed by atoms with E-state index in [2.05, 4.69) is 9.72 Å². The molecule has 0 unspecified atom stereocenters. The smallest absolute Gasteiger partial charge is 0.330 e. The molecule has 0 N–H and O–H groups in total. The number of rotatable bonds is 6. The van der Waals surface area contributed by atoms with E-state index in [0.717, 1.165) is 22.0 Å². The highest BCUT2D eigenvalue weighted by molar-refractivity contribution is 6.35. The second kappa shape index (κ2) is 8.56. The monoisotopic (exact) mass is 383 g/mol. The number of halogens is 1. The number of fused-ring (bicyclic) bond motifs is 1. The number of pyridine rings is 1. The number of esters is 1. The molecule has 2 aromatic carbocycles. The Bertz CT molecular complexity index is 1000. The Morgan fingerprint density at radius 2 is 2.00 bits per heavy atom. The molecule has 138 valence electrons. The van der Waals surface area contributed by atoms with Gasteiger partial charge in [-0.2, -0.15) is 0 Å². The molecule has 0 amide bonds. The lowest BCUT2D eigenvalue weighted by Crippen LogP contribution is -2.00. The Labute approximate surface area is 162 Å². The molecule has 6 heteroatoms. The Hall–Kier alpha value is -3.05. The van der Waals surface area contributed by atoms with E-state index in [4.69, 9.17) is 21.1 Å². The molecule has 0 saturated heterocycles. The van der Waals surface area contributed by atoms with Crippen molar-refractivity contribution < 1.29 is 19.0 Å². The number of hydrogen-bond acceptors (Lipinski definition) is 5. The van der Waals surface area contributed by atoms with Crippen LogP contribution in [0.3, 0.4) is 0 Å². The van der Waals surface area contributed by atoms with Gasteiger partial charge in [0, 0.05) is 28.2 Å². The summed E-state index contributed by atoms with van der Waals surface area (Å²) < 4.78 is 15.9. The summed E-state index contributed by atoms with van der Waals surface area (Å²) in [6.45, 7) is 0.318. The van der Waals surface area contributed by atoms with Gasteiger partial charge in [-0.25, -0.2) is 4.79 Å². The first-order chi connectivity index (χ1) is 13.1. The fourth-order valence-electron chi connectivity index (χ4n) is 2.61. The zero-order valence-electron chi connectivity index (χ0n) is 14.9. The molecule has 5 nitrogen and oxygen atoms in total. The van der Waals surface area contributed by atoms with Gasteiger partial charge in [0.2, 0.25) is 0 Å². The lowest BCUT2D eigenvalue weighted by Gasteiger charge is -2.13. The highest BCUT2D eigenvalue weighted by atomic mass is 35.5. The molecule has 3 aromatic rings. The maximum atomic E-state index is 11.2. The lowest BCUT2D eigenvalue weighted by molar-refractivity contribution is -0.134. The second-order valence-electron chi connectivity index (χ2n) is 5.66. The van der Waals surface area contributed by atoms with Gasteiger partial charge in [0.25, 0.3) is 0 Å². The third-order valence-corrected chi connectivity index (χ3v) is 4.31. The summed E-state index contributed by atoms with van der Waals surface area (Å²) in [6.07, 6.45) is 4.72. The van der Waals surface area contributed by atoms with Crippen LogP contribution in [-0.2, 0) is 16.1 Å². The SMILES string of the molecule is COC(=O)/C=C/c1ccc(OCc2ccc(Cl)c3cccnc23)c(OC)c1. The van der Waals surface area contributed by atoms with E-state index in [1.54, 1.807) is 31.5 Å². The highest BCUT2D eigenvalue weighted by Gasteiger charge is 2.09. The summed E-state index contributed by atoms with van der Waals surface area (Å²) in [6, 6.07) is 12.9. The van der Waals surface area contributed by atoms with E-state index in [-0.39, 0.29) is 0 Å². The van der Waals surface area contributed by atoms with E-state index in [1.165, 1.54) is 13.2 Å². The van der Waals surface area contributed by atoms with Crippen LogP contribution in [0, 0.1) is 0 Å². The standard InChI is InChI=1S/C21H18ClNO4/c1-25-19-12-14(6-10-20(24)26-2)5-9-18(19)27-13-15-7-8-17(22)16-4-3-11-23-21(15)16/h3-12H,13H2,1-2H3/b10-6+. The summed E-state index contributed by atoms with van der Waals surface area (Å²) in [5.74, 6) is 0.733. The van der Waals surface area contributed by atoms with Crippen molar-refractivity contribution in [1.82, 2.24) is 4.98 Å². The average Bonchev–Trinajstić information content (AvgIpc) is 2.72. The van der Waals surface area contributed by atoms with Gasteiger partial charge < -0.3 is 14.2 Å². The number of carbonyl (C=O) groups is 1. The molecular weight excluding hydrogens is 366 g/mol. The van der Waals surface area contributed by atoms with E-state index in [1.807, 2.05) is 30.3 Å². The number of methoxy groups -OCH3 is 2. The molecule has 0 atom stereocenters. The van der Waals surface area contributed by atoms with Gasteiger partial charge in [-0.3, -0.25) is 4.98 Å². The van der Waals surface area contributed by atoms with Gasteiger partial charge in [-0.15, -0.1) is 0 Å². The first-order valence-electron chi connectivity index (χ1n) is 8.21. The van der Waals surface area contributed by atoms with Crippen molar-refractivity contribution in [2.75, 3.05) is 14.2 Å². The minimum atomic E-state index is -0.420. The number of aromatic nitrogens is 1. The lowest BCUT2D eigenvalue weighted by atomic mass is 10.1. The second-order valence-corrected chi connectivity index (χ2v) is 6.07. The average molecular weight is 384 g/mol.